The normalized spacial score (nSPS) is 21.5. The van der Waals surface area contributed by atoms with Crippen LogP contribution in [0.15, 0.2) is 24.5 Å². The van der Waals surface area contributed by atoms with Gasteiger partial charge in [-0.25, -0.2) is 4.79 Å². The Balaban J connectivity index is 2.93. The number of hydrogen-bond donors (Lipinski definition) is 1. The summed E-state index contributed by atoms with van der Waals surface area (Å²) in [5, 5.41) is 9.92. The first-order valence-corrected chi connectivity index (χ1v) is 8.07. The zero-order chi connectivity index (χ0) is 18.8. The SMILES string of the molecule is CN(C)C(=O)O/C=C/C(/C=C/C(C)(C)O)B1OC(C)(C)C(C)(C)O1. The van der Waals surface area contributed by atoms with Gasteiger partial charge in [0, 0.05) is 19.9 Å². The van der Waals surface area contributed by atoms with Crippen LogP contribution >= 0.6 is 0 Å². The number of carbonyl (C=O) groups excluding carboxylic acids is 1. The lowest BCUT2D eigenvalue weighted by Gasteiger charge is -2.32. The third kappa shape index (κ3) is 5.65. The molecule has 1 rings (SSSR count). The second-order valence-electron chi connectivity index (χ2n) is 7.82. The monoisotopic (exact) mass is 339 g/mol. The van der Waals surface area contributed by atoms with E-state index >= 15 is 0 Å². The van der Waals surface area contributed by atoms with Crippen LogP contribution in [0.1, 0.15) is 41.5 Å². The molecule has 0 aliphatic carbocycles. The van der Waals surface area contributed by atoms with Gasteiger partial charge in [0.1, 0.15) is 0 Å². The molecule has 24 heavy (non-hydrogen) atoms. The number of hydrogen-bond acceptors (Lipinski definition) is 5. The minimum absolute atomic E-state index is 0.313. The lowest BCUT2D eigenvalue weighted by Crippen LogP contribution is -2.41. The van der Waals surface area contributed by atoms with Crippen molar-refractivity contribution in [3.8, 4) is 0 Å². The molecule has 0 bridgehead atoms. The van der Waals surface area contributed by atoms with Gasteiger partial charge >= 0.3 is 13.2 Å². The molecule has 0 aromatic carbocycles. The second kappa shape index (κ2) is 7.29. The number of aliphatic hydroxyl groups is 1. The molecule has 1 unspecified atom stereocenters. The summed E-state index contributed by atoms with van der Waals surface area (Å²) in [6, 6.07) is 0. The highest BCUT2D eigenvalue weighted by atomic mass is 16.7. The smallest absolute Gasteiger partial charge is 0.419 e. The van der Waals surface area contributed by atoms with Crippen molar-refractivity contribution in [1.82, 2.24) is 4.90 Å². The first-order chi connectivity index (χ1) is 10.8. The van der Waals surface area contributed by atoms with E-state index in [9.17, 15) is 9.90 Å². The third-order valence-electron chi connectivity index (χ3n) is 4.15. The number of nitrogens with zero attached hydrogens (tertiary/aromatic N) is 1. The maximum absolute atomic E-state index is 11.5. The first-order valence-electron chi connectivity index (χ1n) is 8.07. The van der Waals surface area contributed by atoms with E-state index in [0.717, 1.165) is 0 Å². The fraction of sp³-hybridized carbons (Fsp3) is 0.706. The van der Waals surface area contributed by atoms with Crippen molar-refractivity contribution in [3.63, 3.8) is 0 Å². The number of amides is 1. The highest BCUT2D eigenvalue weighted by Gasteiger charge is 2.52. The Bertz CT molecular complexity index is 490. The summed E-state index contributed by atoms with van der Waals surface area (Å²) < 4.78 is 17.1. The first kappa shape index (κ1) is 20.7. The zero-order valence-electron chi connectivity index (χ0n) is 16.0. The van der Waals surface area contributed by atoms with E-state index in [4.69, 9.17) is 14.0 Å². The molecule has 136 valence electrons. The molecule has 0 radical (unpaired) electrons. The van der Waals surface area contributed by atoms with Crippen molar-refractivity contribution >= 4 is 13.2 Å². The topological polar surface area (TPSA) is 68.2 Å². The molecule has 0 aromatic heterocycles. The van der Waals surface area contributed by atoms with Crippen LogP contribution in [0.4, 0.5) is 4.79 Å². The molecule has 1 amide bonds. The maximum atomic E-state index is 11.5. The average molecular weight is 339 g/mol. The van der Waals surface area contributed by atoms with Crippen LogP contribution in [0, 0.1) is 0 Å². The van der Waals surface area contributed by atoms with Crippen LogP contribution in [-0.4, -0.2) is 54.1 Å². The third-order valence-corrected chi connectivity index (χ3v) is 4.15. The fourth-order valence-electron chi connectivity index (χ4n) is 1.93. The van der Waals surface area contributed by atoms with Crippen molar-refractivity contribution in [3.05, 3.63) is 24.5 Å². The Hall–Kier alpha value is -1.31. The molecular weight excluding hydrogens is 309 g/mol. The van der Waals surface area contributed by atoms with E-state index in [2.05, 4.69) is 0 Å². The zero-order valence-corrected chi connectivity index (χ0v) is 16.0. The molecule has 0 saturated carbocycles. The molecule has 0 spiro atoms. The lowest BCUT2D eigenvalue weighted by molar-refractivity contribution is 0.00578. The summed E-state index contributed by atoms with van der Waals surface area (Å²) in [4.78, 5) is 12.8. The molecular formula is C17H30BNO5. The number of allylic oxidation sites excluding steroid dienone is 2. The van der Waals surface area contributed by atoms with Gasteiger partial charge in [-0.2, -0.15) is 0 Å². The predicted molar refractivity (Wildman–Crippen MR) is 94.6 cm³/mol. The fourth-order valence-corrected chi connectivity index (χ4v) is 1.93. The molecule has 7 heteroatoms. The number of rotatable bonds is 5. The standard InChI is InChI=1S/C17H30BNO5/c1-15(2,21)11-9-13(10-12-22-14(20)19(7)8)18-23-16(3,4)17(5,6)24-18/h9-13,21H,1-8H3/b11-9+,12-10+. The van der Waals surface area contributed by atoms with Gasteiger partial charge in [-0.3, -0.25) is 0 Å². The van der Waals surface area contributed by atoms with E-state index in [1.54, 1.807) is 46.2 Å². The predicted octanol–water partition coefficient (Wildman–Crippen LogP) is 2.99. The van der Waals surface area contributed by atoms with Crippen LogP contribution in [0.25, 0.3) is 0 Å². The Morgan fingerprint density at radius 3 is 2.08 bits per heavy atom. The molecule has 0 aromatic rings. The highest BCUT2D eigenvalue weighted by molar-refractivity contribution is 6.49. The maximum Gasteiger partial charge on any atom is 0.469 e. The summed E-state index contributed by atoms with van der Waals surface area (Å²) >= 11 is 0. The lowest BCUT2D eigenvalue weighted by atomic mass is 9.71. The number of ether oxygens (including phenoxy) is 1. The average Bonchev–Trinajstić information content (AvgIpc) is 2.60. The van der Waals surface area contributed by atoms with Gasteiger partial charge < -0.3 is 24.1 Å². The van der Waals surface area contributed by atoms with Crippen LogP contribution in [0.3, 0.4) is 0 Å². The Morgan fingerprint density at radius 2 is 1.67 bits per heavy atom. The van der Waals surface area contributed by atoms with E-state index in [0.29, 0.717) is 0 Å². The Labute approximate surface area is 145 Å². The van der Waals surface area contributed by atoms with Crippen molar-refractivity contribution in [2.75, 3.05) is 14.1 Å². The van der Waals surface area contributed by atoms with Gasteiger partial charge in [-0.05, 0) is 47.6 Å². The van der Waals surface area contributed by atoms with Gasteiger partial charge in [0.25, 0.3) is 0 Å². The molecule has 1 N–H and O–H groups in total. The minimum atomic E-state index is -0.962. The molecule has 1 fully saturated rings. The number of carbonyl (C=O) groups is 1. The summed E-state index contributed by atoms with van der Waals surface area (Å²) in [5.41, 5.74) is -1.89. The van der Waals surface area contributed by atoms with Crippen molar-refractivity contribution in [2.45, 2.75) is 64.2 Å². The molecule has 1 heterocycles. The molecule has 1 aliphatic heterocycles. The summed E-state index contributed by atoms with van der Waals surface area (Å²) in [5.74, 6) is -0.313. The molecule has 1 atom stereocenters. The second-order valence-corrected chi connectivity index (χ2v) is 7.82. The molecule has 6 nitrogen and oxygen atoms in total. The summed E-state index contributed by atoms with van der Waals surface area (Å²) in [7, 11) is 2.68. The quantitative estimate of drug-likeness (QED) is 0.474. The van der Waals surface area contributed by atoms with Gasteiger partial charge in [0.2, 0.25) is 0 Å². The molecule has 1 aliphatic rings. The van der Waals surface area contributed by atoms with Crippen molar-refractivity contribution in [1.29, 1.82) is 0 Å². The van der Waals surface area contributed by atoms with E-state index in [-0.39, 0.29) is 5.82 Å². The van der Waals surface area contributed by atoms with Gasteiger partial charge in [0.15, 0.2) is 0 Å². The van der Waals surface area contributed by atoms with Gasteiger partial charge in [0.05, 0.1) is 23.1 Å². The van der Waals surface area contributed by atoms with Crippen LogP contribution in [0.5, 0.6) is 0 Å². The van der Waals surface area contributed by atoms with Crippen LogP contribution in [0.2, 0.25) is 5.82 Å². The van der Waals surface area contributed by atoms with Crippen molar-refractivity contribution in [2.24, 2.45) is 0 Å². The molecule has 1 saturated heterocycles. The van der Waals surface area contributed by atoms with Crippen molar-refractivity contribution < 1.29 is 23.9 Å². The van der Waals surface area contributed by atoms with Gasteiger partial charge in [-0.15, -0.1) is 0 Å². The summed E-state index contributed by atoms with van der Waals surface area (Å²) in [6.07, 6.45) is 6.01. The van der Waals surface area contributed by atoms with E-state index in [1.165, 1.54) is 11.2 Å². The largest absolute Gasteiger partial charge is 0.469 e. The summed E-state index contributed by atoms with van der Waals surface area (Å²) in [6.45, 7) is 11.2. The van der Waals surface area contributed by atoms with Crippen LogP contribution < -0.4 is 0 Å². The van der Waals surface area contributed by atoms with E-state index < -0.39 is 30.0 Å². The Morgan fingerprint density at radius 1 is 1.17 bits per heavy atom. The minimum Gasteiger partial charge on any atom is -0.419 e. The van der Waals surface area contributed by atoms with E-state index in [1.807, 2.05) is 27.7 Å². The van der Waals surface area contributed by atoms with Crippen LogP contribution in [-0.2, 0) is 14.0 Å². The Kier molecular flexibility index (Phi) is 6.30. The highest BCUT2D eigenvalue weighted by Crippen LogP contribution is 2.40. The van der Waals surface area contributed by atoms with Gasteiger partial charge in [-0.1, -0.05) is 12.2 Å².